The summed E-state index contributed by atoms with van der Waals surface area (Å²) in [5.74, 6) is 0.542. The van der Waals surface area contributed by atoms with Crippen LogP contribution in [-0.4, -0.2) is 40.0 Å². The number of aliphatic carboxylic acids is 1. The summed E-state index contributed by atoms with van der Waals surface area (Å²) in [4.78, 5) is 28.3. The first-order chi connectivity index (χ1) is 10.0. The molecule has 0 bridgehead atoms. The van der Waals surface area contributed by atoms with Crippen LogP contribution in [-0.2, 0) is 4.79 Å². The lowest BCUT2D eigenvalue weighted by Gasteiger charge is -2.17. The Bertz CT molecular complexity index is 752. The van der Waals surface area contributed by atoms with E-state index in [1.54, 1.807) is 18.2 Å². The number of carbonyl (C=O) groups excluding carboxylic acids is 1. The number of carbonyl (C=O) groups is 2. The maximum atomic E-state index is 12.3. The van der Waals surface area contributed by atoms with Gasteiger partial charge in [-0.1, -0.05) is 35.7 Å². The number of para-hydroxylation sites is 1. The highest BCUT2D eigenvalue weighted by Crippen LogP contribution is 2.23. The number of rotatable bonds is 4. The molecule has 0 spiro atoms. The summed E-state index contributed by atoms with van der Waals surface area (Å²) in [5.41, 5.74) is 0.625. The molecule has 0 aliphatic rings. The Morgan fingerprint density at radius 3 is 2.76 bits per heavy atom. The molecule has 6 heteroatoms. The van der Waals surface area contributed by atoms with Crippen molar-refractivity contribution in [2.75, 3.05) is 13.1 Å². The number of carboxylic acids is 1. The minimum Gasteiger partial charge on any atom is -0.480 e. The third kappa shape index (κ3) is 3.30. The van der Waals surface area contributed by atoms with Gasteiger partial charge in [-0.25, -0.2) is 4.98 Å². The monoisotopic (exact) mass is 302 g/mol. The molecule has 1 amide bonds. The molecule has 1 aromatic heterocycles. The summed E-state index contributed by atoms with van der Waals surface area (Å²) in [6.45, 7) is -0.605. The van der Waals surface area contributed by atoms with Gasteiger partial charge in [-0.2, -0.15) is 0 Å². The van der Waals surface area contributed by atoms with Gasteiger partial charge in [0.15, 0.2) is 0 Å². The summed E-state index contributed by atoms with van der Waals surface area (Å²) < 4.78 is 0. The first-order valence-corrected chi connectivity index (χ1v) is 6.40. The highest BCUT2D eigenvalue weighted by atomic mass is 35.5. The van der Waals surface area contributed by atoms with Crippen molar-refractivity contribution < 1.29 is 14.7 Å². The second kappa shape index (κ2) is 6.25. The Morgan fingerprint density at radius 1 is 1.38 bits per heavy atom. The van der Waals surface area contributed by atoms with Gasteiger partial charge < -0.3 is 10.0 Å². The van der Waals surface area contributed by atoms with Gasteiger partial charge in [0.05, 0.1) is 17.1 Å². The highest BCUT2D eigenvalue weighted by Gasteiger charge is 2.20. The largest absolute Gasteiger partial charge is 0.480 e. The smallest absolute Gasteiger partial charge is 0.323 e. The number of aromatic nitrogens is 1. The fraction of sp³-hybridized carbons (Fsp3) is 0.133. The minimum atomic E-state index is -1.15. The number of nitrogens with zero attached hydrogens (tertiary/aromatic N) is 2. The lowest BCUT2D eigenvalue weighted by molar-refractivity contribution is -0.137. The zero-order chi connectivity index (χ0) is 15.4. The predicted molar refractivity (Wildman–Crippen MR) is 79.1 cm³/mol. The molecule has 0 saturated carbocycles. The van der Waals surface area contributed by atoms with E-state index in [0.717, 1.165) is 10.3 Å². The molecule has 1 heterocycles. The first-order valence-electron chi connectivity index (χ1n) is 6.02. The number of benzene rings is 1. The molecule has 0 aliphatic heterocycles. The Labute approximate surface area is 126 Å². The number of carboxylic acid groups (broad SMARTS) is 1. The predicted octanol–water partition coefficient (Wildman–Crippen LogP) is 2.05. The quantitative estimate of drug-likeness (QED) is 0.878. The molecule has 5 nitrogen and oxygen atoms in total. The lowest BCUT2D eigenvalue weighted by atomic mass is 10.2. The number of halogens is 1. The van der Waals surface area contributed by atoms with E-state index in [1.165, 1.54) is 6.07 Å². The van der Waals surface area contributed by atoms with E-state index in [4.69, 9.17) is 23.1 Å². The Morgan fingerprint density at radius 2 is 2.10 bits per heavy atom. The molecule has 2 rings (SSSR count). The van der Waals surface area contributed by atoms with E-state index < -0.39 is 18.4 Å². The second-order valence-corrected chi connectivity index (χ2v) is 4.67. The lowest BCUT2D eigenvalue weighted by Crippen LogP contribution is -2.36. The standard InChI is InChI=1S/C15H11ClN2O3/c1-2-7-18(9-14(19)20)15(21)13-8-11(16)10-5-3-4-6-12(10)17-13/h1,3-6,8H,7,9H2,(H,19,20). The molecule has 1 aromatic carbocycles. The third-order valence-electron chi connectivity index (χ3n) is 2.78. The van der Waals surface area contributed by atoms with Gasteiger partial charge in [-0.15, -0.1) is 6.42 Å². The average molecular weight is 303 g/mol. The maximum Gasteiger partial charge on any atom is 0.323 e. The third-order valence-corrected chi connectivity index (χ3v) is 3.09. The minimum absolute atomic E-state index is 0.0650. The van der Waals surface area contributed by atoms with Gasteiger partial charge in [-0.05, 0) is 12.1 Å². The first kappa shape index (κ1) is 14.8. The van der Waals surface area contributed by atoms with Crippen molar-refractivity contribution in [2.45, 2.75) is 0 Å². The molecule has 0 unspecified atom stereocenters. The highest BCUT2D eigenvalue weighted by molar-refractivity contribution is 6.35. The Hall–Kier alpha value is -2.58. The van der Waals surface area contributed by atoms with Crippen LogP contribution < -0.4 is 0 Å². The van der Waals surface area contributed by atoms with Crippen LogP contribution in [0.4, 0.5) is 0 Å². The van der Waals surface area contributed by atoms with E-state index in [2.05, 4.69) is 10.9 Å². The van der Waals surface area contributed by atoms with Crippen molar-refractivity contribution >= 4 is 34.4 Å². The number of fused-ring (bicyclic) bond motifs is 1. The van der Waals surface area contributed by atoms with E-state index >= 15 is 0 Å². The number of hydrogen-bond donors (Lipinski definition) is 1. The zero-order valence-corrected chi connectivity index (χ0v) is 11.7. The normalized spacial score (nSPS) is 10.1. The topological polar surface area (TPSA) is 70.5 Å². The molecule has 2 aromatic rings. The summed E-state index contributed by atoms with van der Waals surface area (Å²) >= 11 is 6.13. The molecule has 1 N–H and O–H groups in total. The van der Waals surface area contributed by atoms with E-state index in [0.29, 0.717) is 10.5 Å². The SMILES string of the molecule is C#CCN(CC(=O)O)C(=O)c1cc(Cl)c2ccccc2n1. The summed E-state index contributed by atoms with van der Waals surface area (Å²) in [6.07, 6.45) is 5.16. The van der Waals surface area contributed by atoms with Gasteiger partial charge in [-0.3, -0.25) is 9.59 Å². The number of amides is 1. The van der Waals surface area contributed by atoms with Crippen molar-refractivity contribution in [3.8, 4) is 12.3 Å². The number of hydrogen-bond acceptors (Lipinski definition) is 3. The van der Waals surface area contributed by atoms with Gasteiger partial charge >= 0.3 is 5.97 Å². The van der Waals surface area contributed by atoms with Crippen molar-refractivity contribution in [1.82, 2.24) is 9.88 Å². The van der Waals surface area contributed by atoms with E-state index in [9.17, 15) is 9.59 Å². The van der Waals surface area contributed by atoms with Gasteiger partial charge in [0.1, 0.15) is 12.2 Å². The molecule has 0 radical (unpaired) electrons. The number of terminal acetylenes is 1. The van der Waals surface area contributed by atoms with Crippen LogP contribution >= 0.6 is 11.6 Å². The molecule has 0 saturated heterocycles. The fourth-order valence-electron chi connectivity index (χ4n) is 1.88. The summed E-state index contributed by atoms with van der Waals surface area (Å²) in [7, 11) is 0. The number of pyridine rings is 1. The van der Waals surface area contributed by atoms with Crippen LogP contribution in [0.15, 0.2) is 30.3 Å². The molecular formula is C15H11ClN2O3. The van der Waals surface area contributed by atoms with Crippen LogP contribution in [0.3, 0.4) is 0 Å². The zero-order valence-electron chi connectivity index (χ0n) is 10.9. The molecule has 0 fully saturated rings. The summed E-state index contributed by atoms with van der Waals surface area (Å²) in [6, 6.07) is 8.51. The van der Waals surface area contributed by atoms with Crippen LogP contribution in [0.5, 0.6) is 0 Å². The van der Waals surface area contributed by atoms with Gasteiger partial charge in [0.25, 0.3) is 5.91 Å². The van der Waals surface area contributed by atoms with Crippen molar-refractivity contribution in [3.63, 3.8) is 0 Å². The van der Waals surface area contributed by atoms with Crippen molar-refractivity contribution in [3.05, 3.63) is 41.0 Å². The van der Waals surface area contributed by atoms with Gasteiger partial charge in [0, 0.05) is 5.39 Å². The average Bonchev–Trinajstić information content (AvgIpc) is 2.45. The van der Waals surface area contributed by atoms with E-state index in [-0.39, 0.29) is 12.2 Å². The fourth-order valence-corrected chi connectivity index (χ4v) is 2.14. The molecule has 0 aliphatic carbocycles. The molecule has 21 heavy (non-hydrogen) atoms. The Kier molecular flexibility index (Phi) is 4.41. The van der Waals surface area contributed by atoms with Crippen LogP contribution in [0.2, 0.25) is 5.02 Å². The van der Waals surface area contributed by atoms with Crippen LogP contribution in [0.25, 0.3) is 10.9 Å². The van der Waals surface area contributed by atoms with Crippen LogP contribution in [0, 0.1) is 12.3 Å². The summed E-state index contributed by atoms with van der Waals surface area (Å²) in [5, 5.41) is 9.92. The maximum absolute atomic E-state index is 12.3. The van der Waals surface area contributed by atoms with Crippen molar-refractivity contribution in [1.29, 1.82) is 0 Å². The van der Waals surface area contributed by atoms with Crippen molar-refractivity contribution in [2.24, 2.45) is 0 Å². The second-order valence-electron chi connectivity index (χ2n) is 4.27. The molecular weight excluding hydrogens is 292 g/mol. The van der Waals surface area contributed by atoms with Gasteiger partial charge in [0.2, 0.25) is 0 Å². The molecule has 106 valence electrons. The van der Waals surface area contributed by atoms with E-state index in [1.807, 2.05) is 6.07 Å². The Balaban J connectivity index is 2.42. The van der Waals surface area contributed by atoms with Crippen LogP contribution in [0.1, 0.15) is 10.5 Å². The molecule has 0 atom stereocenters.